The number of allylic oxidation sites excluding steroid dienone is 2. The first-order valence-corrected chi connectivity index (χ1v) is 5.95. The summed E-state index contributed by atoms with van der Waals surface area (Å²) in [7, 11) is 0. The fourth-order valence-electron chi connectivity index (χ4n) is 2.93. The third-order valence-corrected chi connectivity index (χ3v) is 3.71. The molecule has 2 heterocycles. The summed E-state index contributed by atoms with van der Waals surface area (Å²) in [4.78, 5) is 3.15. The van der Waals surface area contributed by atoms with Gasteiger partial charge in [-0.2, -0.15) is 0 Å². The van der Waals surface area contributed by atoms with Crippen LogP contribution in [0.4, 0.5) is 0 Å². The van der Waals surface area contributed by atoms with Gasteiger partial charge in [-0.15, -0.1) is 0 Å². The van der Waals surface area contributed by atoms with Crippen molar-refractivity contribution < 1.29 is 0 Å². The quantitative estimate of drug-likeness (QED) is 0.719. The van der Waals surface area contributed by atoms with Gasteiger partial charge in [-0.25, -0.2) is 0 Å². The maximum Gasteiger partial charge on any atom is 0.00807 e. The first kappa shape index (κ1) is 9.22. The van der Waals surface area contributed by atoms with E-state index in [0.717, 1.165) is 11.8 Å². The van der Waals surface area contributed by atoms with Gasteiger partial charge in [0.1, 0.15) is 0 Å². The molecule has 2 N–H and O–H groups in total. The van der Waals surface area contributed by atoms with Crippen LogP contribution in [0.5, 0.6) is 0 Å². The smallest absolute Gasteiger partial charge is 0.00807 e. The van der Waals surface area contributed by atoms with Crippen molar-refractivity contribution in [3.8, 4) is 0 Å². The van der Waals surface area contributed by atoms with E-state index in [1.54, 1.807) is 5.57 Å². The summed E-state index contributed by atoms with van der Waals surface area (Å²) in [5, 5.41) is 3.55. The highest BCUT2D eigenvalue weighted by Crippen LogP contribution is 2.33. The third kappa shape index (κ3) is 1.86. The molecule has 0 radical (unpaired) electrons. The van der Waals surface area contributed by atoms with Crippen molar-refractivity contribution in [3.05, 3.63) is 30.1 Å². The van der Waals surface area contributed by atoms with Crippen LogP contribution in [0, 0.1) is 11.8 Å². The van der Waals surface area contributed by atoms with Gasteiger partial charge in [0.15, 0.2) is 0 Å². The zero-order valence-corrected chi connectivity index (χ0v) is 9.00. The molecule has 2 atom stereocenters. The lowest BCUT2D eigenvalue weighted by atomic mass is 9.88. The van der Waals surface area contributed by atoms with E-state index in [1.807, 2.05) is 6.20 Å². The van der Waals surface area contributed by atoms with Crippen molar-refractivity contribution in [2.45, 2.75) is 19.3 Å². The first-order chi connectivity index (χ1) is 7.42. The Kier molecular flexibility index (Phi) is 2.37. The van der Waals surface area contributed by atoms with Crippen LogP contribution >= 0.6 is 0 Å². The van der Waals surface area contributed by atoms with E-state index in [1.165, 1.54) is 37.9 Å². The summed E-state index contributed by atoms with van der Waals surface area (Å²) in [5.41, 5.74) is 2.94. The molecular weight excluding hydrogens is 184 g/mol. The Morgan fingerprint density at radius 1 is 1.20 bits per heavy atom. The normalized spacial score (nSPS) is 30.8. The SMILES string of the molecule is C1=C(c2cc[nH]c2)CC2CNCC(C1)C2. The third-order valence-electron chi connectivity index (χ3n) is 3.71. The molecule has 2 nitrogen and oxygen atoms in total. The Hall–Kier alpha value is -1.02. The summed E-state index contributed by atoms with van der Waals surface area (Å²) < 4.78 is 0. The highest BCUT2D eigenvalue weighted by molar-refractivity contribution is 5.65. The van der Waals surface area contributed by atoms with Crippen LogP contribution < -0.4 is 5.32 Å². The monoisotopic (exact) mass is 202 g/mol. The number of fused-ring (bicyclic) bond motifs is 2. The number of hydrogen-bond donors (Lipinski definition) is 2. The van der Waals surface area contributed by atoms with Gasteiger partial charge in [0.25, 0.3) is 0 Å². The number of H-pyrrole nitrogens is 1. The highest BCUT2D eigenvalue weighted by Gasteiger charge is 2.25. The van der Waals surface area contributed by atoms with Gasteiger partial charge in [0, 0.05) is 12.4 Å². The molecule has 0 spiro atoms. The zero-order chi connectivity index (χ0) is 10.1. The average molecular weight is 202 g/mol. The number of aromatic amines is 1. The number of piperidine rings is 1. The molecule has 1 aromatic rings. The van der Waals surface area contributed by atoms with Crippen molar-refractivity contribution in [2.75, 3.05) is 13.1 Å². The second-order valence-electron chi connectivity index (χ2n) is 4.89. The van der Waals surface area contributed by atoms with Crippen LogP contribution in [0.1, 0.15) is 24.8 Å². The van der Waals surface area contributed by atoms with Crippen LogP contribution in [-0.4, -0.2) is 18.1 Å². The first-order valence-electron chi connectivity index (χ1n) is 5.95. The lowest BCUT2D eigenvalue weighted by molar-refractivity contribution is 0.298. The highest BCUT2D eigenvalue weighted by atomic mass is 14.9. The van der Waals surface area contributed by atoms with Crippen LogP contribution in [0.25, 0.3) is 5.57 Å². The van der Waals surface area contributed by atoms with Gasteiger partial charge in [-0.3, -0.25) is 0 Å². The van der Waals surface area contributed by atoms with E-state index in [2.05, 4.69) is 28.6 Å². The number of nitrogens with one attached hydrogen (secondary N) is 2. The summed E-state index contributed by atoms with van der Waals surface area (Å²) in [6.07, 6.45) is 10.5. The largest absolute Gasteiger partial charge is 0.367 e. The molecule has 1 saturated heterocycles. The van der Waals surface area contributed by atoms with E-state index >= 15 is 0 Å². The predicted molar refractivity (Wildman–Crippen MR) is 62.5 cm³/mol. The second-order valence-corrected chi connectivity index (χ2v) is 4.89. The molecule has 2 unspecified atom stereocenters. The minimum Gasteiger partial charge on any atom is -0.367 e. The maximum absolute atomic E-state index is 3.55. The summed E-state index contributed by atoms with van der Waals surface area (Å²) in [6.45, 7) is 2.42. The number of hydrogen-bond acceptors (Lipinski definition) is 1. The molecule has 15 heavy (non-hydrogen) atoms. The molecule has 3 rings (SSSR count). The molecule has 2 bridgehead atoms. The molecule has 80 valence electrons. The fourth-order valence-corrected chi connectivity index (χ4v) is 2.93. The van der Waals surface area contributed by atoms with Gasteiger partial charge in [0.2, 0.25) is 0 Å². The molecule has 1 fully saturated rings. The molecule has 2 heteroatoms. The summed E-state index contributed by atoms with van der Waals surface area (Å²) >= 11 is 0. The van der Waals surface area contributed by atoms with Crippen molar-refractivity contribution in [3.63, 3.8) is 0 Å². The second kappa shape index (κ2) is 3.86. The van der Waals surface area contributed by atoms with Crippen LogP contribution in [0.2, 0.25) is 0 Å². The topological polar surface area (TPSA) is 27.8 Å². The molecule has 2 aliphatic rings. The molecular formula is C13H18N2. The molecule has 0 amide bonds. The Morgan fingerprint density at radius 2 is 2.13 bits per heavy atom. The van der Waals surface area contributed by atoms with Crippen molar-refractivity contribution in [1.82, 2.24) is 10.3 Å². The average Bonchev–Trinajstić information content (AvgIpc) is 2.74. The standard InChI is InChI=1S/C13H18N2/c1-2-12(13-3-4-14-9-13)6-11-5-10(1)7-15-8-11/h2-4,9-11,14-15H,1,5-8H2. The molecule has 0 aromatic carbocycles. The Balaban J connectivity index is 1.84. The van der Waals surface area contributed by atoms with Crippen molar-refractivity contribution in [1.29, 1.82) is 0 Å². The van der Waals surface area contributed by atoms with Gasteiger partial charge in [0.05, 0.1) is 0 Å². The van der Waals surface area contributed by atoms with Crippen LogP contribution in [-0.2, 0) is 0 Å². The van der Waals surface area contributed by atoms with Gasteiger partial charge >= 0.3 is 0 Å². The van der Waals surface area contributed by atoms with E-state index < -0.39 is 0 Å². The van der Waals surface area contributed by atoms with E-state index in [0.29, 0.717) is 0 Å². The summed E-state index contributed by atoms with van der Waals surface area (Å²) in [6, 6.07) is 2.19. The minimum absolute atomic E-state index is 0.854. The zero-order valence-electron chi connectivity index (χ0n) is 9.00. The summed E-state index contributed by atoms with van der Waals surface area (Å²) in [5.74, 6) is 1.73. The maximum atomic E-state index is 3.55. The lowest BCUT2D eigenvalue weighted by Gasteiger charge is -2.27. The van der Waals surface area contributed by atoms with Crippen LogP contribution in [0.3, 0.4) is 0 Å². The molecule has 1 aromatic heterocycles. The number of rotatable bonds is 1. The fraction of sp³-hybridized carbons (Fsp3) is 0.538. The van der Waals surface area contributed by atoms with Gasteiger partial charge < -0.3 is 10.3 Å². The Morgan fingerprint density at radius 3 is 3.00 bits per heavy atom. The van der Waals surface area contributed by atoms with E-state index in [4.69, 9.17) is 0 Å². The Bertz CT molecular complexity index is 351. The molecule has 0 saturated carbocycles. The lowest BCUT2D eigenvalue weighted by Crippen LogP contribution is -2.35. The van der Waals surface area contributed by atoms with E-state index in [9.17, 15) is 0 Å². The van der Waals surface area contributed by atoms with Gasteiger partial charge in [-0.05, 0) is 61.4 Å². The van der Waals surface area contributed by atoms with E-state index in [-0.39, 0.29) is 0 Å². The Labute approximate surface area is 90.8 Å². The predicted octanol–water partition coefficient (Wildman–Crippen LogP) is 2.42. The van der Waals surface area contributed by atoms with Crippen molar-refractivity contribution in [2.24, 2.45) is 11.8 Å². The molecule has 1 aliphatic carbocycles. The van der Waals surface area contributed by atoms with Gasteiger partial charge in [-0.1, -0.05) is 6.08 Å². The van der Waals surface area contributed by atoms with Crippen LogP contribution in [0.15, 0.2) is 24.5 Å². The number of aromatic nitrogens is 1. The molecule has 1 aliphatic heterocycles. The van der Waals surface area contributed by atoms with Crippen molar-refractivity contribution >= 4 is 5.57 Å². The minimum atomic E-state index is 0.854.